The maximum absolute atomic E-state index is 15.6. The Labute approximate surface area is 177 Å². The average Bonchev–Trinajstić information content (AvgIpc) is 3.27. The maximum Gasteiger partial charge on any atom is 0.325 e. The second-order valence-corrected chi connectivity index (χ2v) is 6.88. The minimum atomic E-state index is -4.22. The van der Waals surface area contributed by atoms with Crippen molar-refractivity contribution < 1.29 is 27.1 Å². The molecule has 0 amide bonds. The van der Waals surface area contributed by atoms with Crippen LogP contribution in [-0.2, 0) is 18.1 Å². The van der Waals surface area contributed by atoms with Gasteiger partial charge >= 0.3 is 5.92 Å². The van der Waals surface area contributed by atoms with Crippen molar-refractivity contribution in [2.24, 2.45) is 0 Å². The summed E-state index contributed by atoms with van der Waals surface area (Å²) in [4.78, 5) is 0. The number of hydrogen-bond acceptors (Lipinski definition) is 6. The molecule has 0 saturated carbocycles. The molecule has 0 radical (unpaired) electrons. The first kappa shape index (κ1) is 21.4. The standard InChI is InChI=1S/C20H13F5N6O/c21-13-3-1-12(2-4-13)17-7-8-18(28-27-17)20(24,25)19(32,10-31-11-26-29-30-31)15-6-5-14(22)9-16(15)23/h1-9,11,32H,10H2. The third kappa shape index (κ3) is 3.80. The second kappa shape index (κ2) is 8.04. The van der Waals surface area contributed by atoms with Crippen LogP contribution in [0, 0.1) is 17.5 Å². The molecule has 4 rings (SSSR count). The number of rotatable bonds is 6. The van der Waals surface area contributed by atoms with E-state index in [1.54, 1.807) is 0 Å². The Balaban J connectivity index is 1.78. The van der Waals surface area contributed by atoms with Crippen molar-refractivity contribution in [3.05, 3.63) is 89.6 Å². The van der Waals surface area contributed by atoms with Crippen LogP contribution in [0.4, 0.5) is 22.0 Å². The first-order valence-electron chi connectivity index (χ1n) is 9.07. The zero-order valence-electron chi connectivity index (χ0n) is 16.0. The van der Waals surface area contributed by atoms with Crippen molar-refractivity contribution in [3.63, 3.8) is 0 Å². The Morgan fingerprint density at radius 2 is 1.59 bits per heavy atom. The van der Waals surface area contributed by atoms with Crippen molar-refractivity contribution in [1.29, 1.82) is 0 Å². The predicted octanol–water partition coefficient (Wildman–Crippen LogP) is 3.23. The van der Waals surface area contributed by atoms with E-state index >= 15 is 8.78 Å². The molecule has 0 fully saturated rings. The van der Waals surface area contributed by atoms with Crippen LogP contribution in [-0.4, -0.2) is 35.5 Å². The van der Waals surface area contributed by atoms with Crippen molar-refractivity contribution >= 4 is 0 Å². The van der Waals surface area contributed by atoms with Gasteiger partial charge in [0.25, 0.3) is 0 Å². The van der Waals surface area contributed by atoms with E-state index in [-0.39, 0.29) is 5.69 Å². The van der Waals surface area contributed by atoms with E-state index in [4.69, 9.17) is 0 Å². The molecular formula is C20H13F5N6O. The van der Waals surface area contributed by atoms with Crippen molar-refractivity contribution in [1.82, 2.24) is 30.4 Å². The highest BCUT2D eigenvalue weighted by molar-refractivity contribution is 5.58. The fourth-order valence-electron chi connectivity index (χ4n) is 3.15. The van der Waals surface area contributed by atoms with Gasteiger partial charge < -0.3 is 5.11 Å². The molecule has 0 aliphatic rings. The molecule has 1 N–H and O–H groups in total. The fraction of sp³-hybridized carbons (Fsp3) is 0.150. The molecule has 7 nitrogen and oxygen atoms in total. The molecular weight excluding hydrogens is 435 g/mol. The molecule has 0 spiro atoms. The molecule has 2 aromatic heterocycles. The Hall–Kier alpha value is -3.80. The number of halogens is 5. The molecule has 2 aromatic carbocycles. The molecule has 12 heteroatoms. The second-order valence-electron chi connectivity index (χ2n) is 6.88. The lowest BCUT2D eigenvalue weighted by Gasteiger charge is -2.35. The highest BCUT2D eigenvalue weighted by atomic mass is 19.3. The summed E-state index contributed by atoms with van der Waals surface area (Å²) in [7, 11) is 0. The van der Waals surface area contributed by atoms with Crippen LogP contribution in [0.15, 0.2) is 60.9 Å². The lowest BCUT2D eigenvalue weighted by molar-refractivity contribution is -0.208. The summed E-state index contributed by atoms with van der Waals surface area (Å²) in [5, 5.41) is 28.4. The molecule has 164 valence electrons. The van der Waals surface area contributed by atoms with Gasteiger partial charge in [0.05, 0.1) is 12.2 Å². The van der Waals surface area contributed by atoms with Crippen LogP contribution >= 0.6 is 0 Å². The minimum absolute atomic E-state index is 0.168. The summed E-state index contributed by atoms with van der Waals surface area (Å²) in [6, 6.07) is 9.03. The van der Waals surface area contributed by atoms with Gasteiger partial charge in [-0.1, -0.05) is 0 Å². The molecule has 4 aromatic rings. The Morgan fingerprint density at radius 1 is 0.875 bits per heavy atom. The maximum atomic E-state index is 15.6. The highest BCUT2D eigenvalue weighted by Gasteiger charge is 2.58. The van der Waals surface area contributed by atoms with Gasteiger partial charge in [0.1, 0.15) is 29.5 Å². The van der Waals surface area contributed by atoms with Crippen LogP contribution in [0.2, 0.25) is 0 Å². The molecule has 32 heavy (non-hydrogen) atoms. The molecule has 0 saturated heterocycles. The average molecular weight is 448 g/mol. The zero-order chi connectivity index (χ0) is 22.9. The van der Waals surface area contributed by atoms with Gasteiger partial charge in [-0.25, -0.2) is 17.9 Å². The van der Waals surface area contributed by atoms with Crippen molar-refractivity contribution in [3.8, 4) is 11.3 Å². The molecule has 1 unspecified atom stereocenters. The first-order valence-corrected chi connectivity index (χ1v) is 9.07. The van der Waals surface area contributed by atoms with Gasteiger partial charge in [0.15, 0.2) is 5.60 Å². The minimum Gasteiger partial charge on any atom is -0.377 e. The van der Waals surface area contributed by atoms with E-state index in [1.165, 1.54) is 30.3 Å². The summed E-state index contributed by atoms with van der Waals surface area (Å²) < 4.78 is 72.9. The first-order chi connectivity index (χ1) is 15.2. The summed E-state index contributed by atoms with van der Waals surface area (Å²) in [6.45, 7) is -0.975. The number of nitrogens with zero attached hydrogens (tertiary/aromatic N) is 6. The zero-order valence-corrected chi connectivity index (χ0v) is 16.0. The molecule has 1 atom stereocenters. The Bertz CT molecular complexity index is 1220. The van der Waals surface area contributed by atoms with Gasteiger partial charge in [-0.15, -0.1) is 10.2 Å². The van der Waals surface area contributed by atoms with E-state index in [9.17, 15) is 18.3 Å². The van der Waals surface area contributed by atoms with Crippen LogP contribution in [0.3, 0.4) is 0 Å². The van der Waals surface area contributed by atoms with E-state index < -0.39 is 46.8 Å². The van der Waals surface area contributed by atoms with Crippen molar-refractivity contribution in [2.45, 2.75) is 18.1 Å². The monoisotopic (exact) mass is 448 g/mol. The highest BCUT2D eigenvalue weighted by Crippen LogP contribution is 2.46. The van der Waals surface area contributed by atoms with Gasteiger partial charge in [-0.2, -0.15) is 13.9 Å². The largest absolute Gasteiger partial charge is 0.377 e. The van der Waals surface area contributed by atoms with Crippen LogP contribution in [0.1, 0.15) is 11.3 Å². The van der Waals surface area contributed by atoms with Crippen molar-refractivity contribution in [2.75, 3.05) is 0 Å². The fourth-order valence-corrected chi connectivity index (χ4v) is 3.15. The van der Waals surface area contributed by atoms with E-state index in [1.807, 2.05) is 0 Å². The van der Waals surface area contributed by atoms with Crippen LogP contribution < -0.4 is 0 Å². The molecule has 2 heterocycles. The predicted molar refractivity (Wildman–Crippen MR) is 99.4 cm³/mol. The van der Waals surface area contributed by atoms with E-state index in [0.29, 0.717) is 17.7 Å². The number of hydrogen-bond donors (Lipinski definition) is 1. The topological polar surface area (TPSA) is 89.6 Å². The number of aromatic nitrogens is 6. The molecule has 0 aliphatic carbocycles. The normalized spacial score (nSPS) is 13.7. The number of tetrazole rings is 1. The van der Waals surface area contributed by atoms with Gasteiger partial charge in [-0.3, -0.25) is 0 Å². The van der Waals surface area contributed by atoms with Gasteiger partial charge in [0, 0.05) is 17.2 Å². The summed E-state index contributed by atoms with van der Waals surface area (Å²) in [5.74, 6) is -7.11. The third-order valence-electron chi connectivity index (χ3n) is 4.80. The number of aliphatic hydroxyl groups is 1. The SMILES string of the molecule is OC(Cn1cnnn1)(c1ccc(F)cc1F)C(F)(F)c1ccc(-c2ccc(F)cc2)nn1. The molecule has 0 bridgehead atoms. The van der Waals surface area contributed by atoms with E-state index in [2.05, 4.69) is 25.7 Å². The summed E-state index contributed by atoms with van der Waals surface area (Å²) in [5.41, 5.74) is -4.54. The third-order valence-corrected chi connectivity index (χ3v) is 4.80. The van der Waals surface area contributed by atoms with Crippen LogP contribution in [0.25, 0.3) is 11.3 Å². The number of benzene rings is 2. The summed E-state index contributed by atoms with van der Waals surface area (Å²) in [6.07, 6.45) is 0.950. The summed E-state index contributed by atoms with van der Waals surface area (Å²) >= 11 is 0. The lowest BCUT2D eigenvalue weighted by atomic mass is 9.84. The number of alkyl halides is 2. The van der Waals surface area contributed by atoms with E-state index in [0.717, 1.165) is 23.1 Å². The molecule has 0 aliphatic heterocycles. The Kier molecular flexibility index (Phi) is 5.38. The van der Waals surface area contributed by atoms with Gasteiger partial charge in [-0.05, 0) is 59.0 Å². The van der Waals surface area contributed by atoms with Gasteiger partial charge in [0.2, 0.25) is 0 Å². The van der Waals surface area contributed by atoms with Crippen LogP contribution in [0.5, 0.6) is 0 Å². The lowest BCUT2D eigenvalue weighted by Crippen LogP contribution is -2.48. The smallest absolute Gasteiger partial charge is 0.325 e. The Morgan fingerprint density at radius 3 is 2.19 bits per heavy atom. The quantitative estimate of drug-likeness (QED) is 0.456.